The fraction of sp³-hybridized carbons (Fsp3) is 0.462. The zero-order valence-corrected chi connectivity index (χ0v) is 18.1. The fourth-order valence-corrected chi connectivity index (χ4v) is 4.57. The van der Waals surface area contributed by atoms with Gasteiger partial charge in [-0.3, -0.25) is 9.59 Å². The van der Waals surface area contributed by atoms with Crippen molar-refractivity contribution < 1.29 is 9.59 Å². The van der Waals surface area contributed by atoms with Gasteiger partial charge in [0.15, 0.2) is 0 Å². The summed E-state index contributed by atoms with van der Waals surface area (Å²) in [5, 5.41) is 0. The molecule has 2 saturated heterocycles. The molecule has 30 heavy (non-hydrogen) atoms. The average molecular weight is 405 g/mol. The van der Waals surface area contributed by atoms with E-state index in [1.54, 1.807) is 0 Å². The molecular weight excluding hydrogens is 372 g/mol. The molecule has 0 spiro atoms. The first-order valence-corrected chi connectivity index (χ1v) is 11.3. The Bertz CT molecular complexity index is 831. The summed E-state index contributed by atoms with van der Waals surface area (Å²) in [6, 6.07) is 15.5. The molecule has 0 unspecified atom stereocenters. The largest absolute Gasteiger partial charge is 0.339 e. The van der Waals surface area contributed by atoms with Gasteiger partial charge in [0.1, 0.15) is 0 Å². The molecule has 0 aromatic heterocycles. The van der Waals surface area contributed by atoms with E-state index in [9.17, 15) is 9.59 Å². The summed E-state index contributed by atoms with van der Waals surface area (Å²) in [5.74, 6) is 1.50. The third-order valence-corrected chi connectivity index (χ3v) is 6.75. The van der Waals surface area contributed by atoms with Crippen LogP contribution < -0.4 is 0 Å². The summed E-state index contributed by atoms with van der Waals surface area (Å²) in [4.78, 5) is 30.6. The smallest absolute Gasteiger partial charge is 0.254 e. The molecule has 2 heterocycles. The van der Waals surface area contributed by atoms with Crippen LogP contribution in [0.3, 0.4) is 0 Å². The minimum Gasteiger partial charge on any atom is -0.339 e. The number of benzene rings is 2. The maximum Gasteiger partial charge on any atom is 0.254 e. The molecule has 0 radical (unpaired) electrons. The molecule has 0 bridgehead atoms. The predicted molar refractivity (Wildman–Crippen MR) is 120 cm³/mol. The van der Waals surface area contributed by atoms with Crippen molar-refractivity contribution in [1.29, 1.82) is 0 Å². The van der Waals surface area contributed by atoms with Crippen LogP contribution in [0.2, 0.25) is 0 Å². The maximum absolute atomic E-state index is 13.4. The van der Waals surface area contributed by atoms with Crippen molar-refractivity contribution in [2.24, 2.45) is 11.8 Å². The molecule has 2 aromatic carbocycles. The zero-order valence-electron chi connectivity index (χ0n) is 18.1. The predicted octanol–water partition coefficient (Wildman–Crippen LogP) is 5.10. The van der Waals surface area contributed by atoms with Crippen LogP contribution in [0, 0.1) is 11.8 Å². The molecule has 0 atom stereocenters. The second-order valence-electron chi connectivity index (χ2n) is 9.04. The summed E-state index contributed by atoms with van der Waals surface area (Å²) in [6.07, 6.45) is 4.21. The van der Waals surface area contributed by atoms with Crippen LogP contribution in [-0.4, -0.2) is 47.8 Å². The lowest BCUT2D eigenvalue weighted by Crippen LogP contribution is -2.38. The van der Waals surface area contributed by atoms with Crippen LogP contribution in [0.4, 0.5) is 0 Å². The molecule has 2 aliphatic heterocycles. The third kappa shape index (κ3) is 4.28. The Morgan fingerprint density at radius 3 is 1.33 bits per heavy atom. The lowest BCUT2D eigenvalue weighted by atomic mass is 9.92. The summed E-state index contributed by atoms with van der Waals surface area (Å²) >= 11 is 0. The Labute approximate surface area is 179 Å². The van der Waals surface area contributed by atoms with Gasteiger partial charge in [-0.15, -0.1) is 0 Å². The summed E-state index contributed by atoms with van der Waals surface area (Å²) in [5.41, 5.74) is 3.10. The van der Waals surface area contributed by atoms with Crippen LogP contribution in [0.25, 0.3) is 11.1 Å². The van der Waals surface area contributed by atoms with Gasteiger partial charge in [-0.25, -0.2) is 0 Å². The number of piperidine rings is 2. The molecule has 0 aliphatic carbocycles. The van der Waals surface area contributed by atoms with E-state index in [-0.39, 0.29) is 11.8 Å². The fourth-order valence-electron chi connectivity index (χ4n) is 4.57. The Hall–Kier alpha value is -2.62. The van der Waals surface area contributed by atoms with Crippen molar-refractivity contribution in [2.75, 3.05) is 26.2 Å². The molecule has 4 nitrogen and oxygen atoms in total. The van der Waals surface area contributed by atoms with Crippen molar-refractivity contribution in [3.63, 3.8) is 0 Å². The lowest BCUT2D eigenvalue weighted by Gasteiger charge is -2.32. The standard InChI is InChI=1S/C26H32N2O2/c1-19-11-15-27(16-12-19)25(29)23-9-5-3-7-21(23)22-8-4-6-10-24(22)26(30)28-17-13-20(2)14-18-28/h3-10,19-20H,11-18H2,1-2H3. The highest BCUT2D eigenvalue weighted by Crippen LogP contribution is 2.31. The second kappa shape index (κ2) is 9.03. The molecule has 2 aliphatic rings. The molecule has 2 aromatic rings. The SMILES string of the molecule is CC1CCN(C(=O)c2ccccc2-c2ccccc2C(=O)N2CCC(C)CC2)CC1. The number of nitrogens with zero attached hydrogens (tertiary/aromatic N) is 2. The number of likely N-dealkylation sites (tertiary alicyclic amines) is 2. The highest BCUT2D eigenvalue weighted by molar-refractivity contribution is 6.06. The Kier molecular flexibility index (Phi) is 6.21. The lowest BCUT2D eigenvalue weighted by molar-refractivity contribution is 0.0688. The van der Waals surface area contributed by atoms with Gasteiger partial charge in [-0.1, -0.05) is 50.2 Å². The van der Waals surface area contributed by atoms with Crippen molar-refractivity contribution in [3.05, 3.63) is 59.7 Å². The van der Waals surface area contributed by atoms with Crippen molar-refractivity contribution in [2.45, 2.75) is 39.5 Å². The Morgan fingerprint density at radius 1 is 0.633 bits per heavy atom. The van der Waals surface area contributed by atoms with Gasteiger partial charge in [0.05, 0.1) is 0 Å². The number of amides is 2. The first kappa shape index (κ1) is 20.6. The summed E-state index contributed by atoms with van der Waals surface area (Å²) < 4.78 is 0. The number of rotatable bonds is 3. The van der Waals surface area contributed by atoms with E-state index in [1.807, 2.05) is 58.3 Å². The van der Waals surface area contributed by atoms with Gasteiger partial charge < -0.3 is 9.80 Å². The molecular formula is C26H32N2O2. The van der Waals surface area contributed by atoms with Crippen LogP contribution in [-0.2, 0) is 0 Å². The monoisotopic (exact) mass is 404 g/mol. The van der Waals surface area contributed by atoms with Crippen LogP contribution in [0.5, 0.6) is 0 Å². The Balaban J connectivity index is 1.65. The highest BCUT2D eigenvalue weighted by Gasteiger charge is 2.27. The molecule has 158 valence electrons. The van der Waals surface area contributed by atoms with E-state index in [0.717, 1.165) is 63.0 Å². The van der Waals surface area contributed by atoms with Gasteiger partial charge in [0, 0.05) is 37.3 Å². The van der Waals surface area contributed by atoms with Gasteiger partial charge in [-0.2, -0.15) is 0 Å². The van der Waals surface area contributed by atoms with Crippen molar-refractivity contribution in [3.8, 4) is 11.1 Å². The van der Waals surface area contributed by atoms with E-state index in [0.29, 0.717) is 23.0 Å². The van der Waals surface area contributed by atoms with E-state index >= 15 is 0 Å². The van der Waals surface area contributed by atoms with Gasteiger partial charge in [0.2, 0.25) is 0 Å². The van der Waals surface area contributed by atoms with E-state index in [1.165, 1.54) is 0 Å². The van der Waals surface area contributed by atoms with Gasteiger partial charge >= 0.3 is 0 Å². The first-order valence-electron chi connectivity index (χ1n) is 11.3. The molecule has 4 heteroatoms. The summed E-state index contributed by atoms with van der Waals surface area (Å²) in [7, 11) is 0. The second-order valence-corrected chi connectivity index (χ2v) is 9.04. The molecule has 0 N–H and O–H groups in total. The molecule has 2 fully saturated rings. The highest BCUT2D eigenvalue weighted by atomic mass is 16.2. The topological polar surface area (TPSA) is 40.6 Å². The quantitative estimate of drug-likeness (QED) is 0.714. The first-order chi connectivity index (χ1) is 14.5. The van der Waals surface area contributed by atoms with Crippen LogP contribution in [0.1, 0.15) is 60.2 Å². The number of carbonyl (C=O) groups is 2. The molecule has 2 amide bonds. The number of hydrogen-bond donors (Lipinski definition) is 0. The molecule has 4 rings (SSSR count). The van der Waals surface area contributed by atoms with E-state index < -0.39 is 0 Å². The third-order valence-electron chi connectivity index (χ3n) is 6.75. The average Bonchev–Trinajstić information content (AvgIpc) is 2.79. The zero-order chi connectivity index (χ0) is 21.1. The van der Waals surface area contributed by atoms with Crippen molar-refractivity contribution >= 4 is 11.8 Å². The van der Waals surface area contributed by atoms with Crippen molar-refractivity contribution in [1.82, 2.24) is 9.80 Å². The number of carbonyl (C=O) groups excluding carboxylic acids is 2. The van der Waals surface area contributed by atoms with E-state index in [2.05, 4.69) is 13.8 Å². The minimum atomic E-state index is 0.0755. The Morgan fingerprint density at radius 2 is 0.967 bits per heavy atom. The normalized spacial score (nSPS) is 18.5. The maximum atomic E-state index is 13.4. The van der Waals surface area contributed by atoms with Gasteiger partial charge in [0.25, 0.3) is 11.8 Å². The van der Waals surface area contributed by atoms with Gasteiger partial charge in [-0.05, 0) is 60.8 Å². The van der Waals surface area contributed by atoms with Crippen LogP contribution >= 0.6 is 0 Å². The van der Waals surface area contributed by atoms with E-state index in [4.69, 9.17) is 0 Å². The minimum absolute atomic E-state index is 0.0755. The van der Waals surface area contributed by atoms with Crippen LogP contribution in [0.15, 0.2) is 48.5 Å². The molecule has 0 saturated carbocycles. The summed E-state index contributed by atoms with van der Waals surface area (Å²) in [6.45, 7) is 7.72. The number of hydrogen-bond acceptors (Lipinski definition) is 2.